The van der Waals surface area contributed by atoms with E-state index >= 15 is 0 Å². The zero-order chi connectivity index (χ0) is 13.5. The molecule has 0 saturated carbocycles. The first kappa shape index (κ1) is 14.4. The number of cyclic esters (lactones) is 1. The van der Waals surface area contributed by atoms with Crippen LogP contribution in [-0.4, -0.2) is 50.3 Å². The Morgan fingerprint density at radius 2 is 1.89 bits per heavy atom. The lowest BCUT2D eigenvalue weighted by molar-refractivity contribution is -0.170. The van der Waals surface area contributed by atoms with Crippen LogP contribution in [0.2, 0.25) is 0 Å². The second-order valence-electron chi connectivity index (χ2n) is 3.58. The van der Waals surface area contributed by atoms with Crippen LogP contribution in [0.15, 0.2) is 0 Å². The van der Waals surface area contributed by atoms with Gasteiger partial charge in [-0.1, -0.05) is 0 Å². The molecule has 102 valence electrons. The number of esters is 3. The van der Waals surface area contributed by atoms with Gasteiger partial charge in [0, 0.05) is 6.54 Å². The van der Waals surface area contributed by atoms with Crippen LogP contribution in [-0.2, 0) is 28.6 Å². The van der Waals surface area contributed by atoms with Gasteiger partial charge in [-0.3, -0.25) is 19.7 Å². The molecule has 0 amide bonds. The fraction of sp³-hybridized carbons (Fsp3) is 0.727. The molecule has 1 fully saturated rings. The molecule has 1 heterocycles. The lowest BCUT2D eigenvalue weighted by atomic mass is 9.99. The van der Waals surface area contributed by atoms with Gasteiger partial charge in [-0.2, -0.15) is 0 Å². The first-order valence-electron chi connectivity index (χ1n) is 5.85. The van der Waals surface area contributed by atoms with E-state index in [2.05, 4.69) is 5.32 Å². The lowest BCUT2D eigenvalue weighted by Gasteiger charge is -2.27. The van der Waals surface area contributed by atoms with Crippen molar-refractivity contribution in [3.63, 3.8) is 0 Å². The van der Waals surface area contributed by atoms with Crippen LogP contribution < -0.4 is 5.32 Å². The zero-order valence-electron chi connectivity index (χ0n) is 10.4. The average molecular weight is 259 g/mol. The summed E-state index contributed by atoms with van der Waals surface area (Å²) in [5.41, 5.74) is 0. The minimum atomic E-state index is -1.32. The maximum atomic E-state index is 11.7. The summed E-state index contributed by atoms with van der Waals surface area (Å²) in [7, 11) is 0. The van der Waals surface area contributed by atoms with Gasteiger partial charge in [-0.25, -0.2) is 0 Å². The number of nitrogens with one attached hydrogen (secondary N) is 1. The maximum absolute atomic E-state index is 11.7. The van der Waals surface area contributed by atoms with Gasteiger partial charge in [0.05, 0.1) is 13.2 Å². The van der Waals surface area contributed by atoms with E-state index in [0.717, 1.165) is 0 Å². The number of morpholine rings is 1. The Hall–Kier alpha value is -1.63. The molecule has 0 aromatic carbocycles. The van der Waals surface area contributed by atoms with Crippen molar-refractivity contribution >= 4 is 17.9 Å². The molecule has 0 bridgehead atoms. The first-order valence-corrected chi connectivity index (χ1v) is 5.85. The number of hydrogen-bond acceptors (Lipinski definition) is 7. The van der Waals surface area contributed by atoms with E-state index in [4.69, 9.17) is 14.2 Å². The number of rotatable bonds is 5. The largest absolute Gasteiger partial charge is 0.465 e. The maximum Gasteiger partial charge on any atom is 0.324 e. The highest BCUT2D eigenvalue weighted by Crippen LogP contribution is 2.13. The molecule has 0 aliphatic carbocycles. The molecule has 1 aliphatic rings. The summed E-state index contributed by atoms with van der Waals surface area (Å²) in [6, 6.07) is -1.04. The molecule has 1 aliphatic heterocycles. The number of ether oxygens (including phenoxy) is 3. The predicted octanol–water partition coefficient (Wildman–Crippen LogP) is -0.756. The third kappa shape index (κ3) is 3.43. The van der Waals surface area contributed by atoms with Crippen LogP contribution in [0.5, 0.6) is 0 Å². The van der Waals surface area contributed by atoms with E-state index in [1.807, 2.05) is 0 Å². The smallest absolute Gasteiger partial charge is 0.324 e. The summed E-state index contributed by atoms with van der Waals surface area (Å²) in [5, 5.41) is 2.77. The van der Waals surface area contributed by atoms with E-state index in [9.17, 15) is 14.4 Å². The number of carbonyl (C=O) groups is 3. The van der Waals surface area contributed by atoms with E-state index in [0.29, 0.717) is 6.54 Å². The first-order chi connectivity index (χ1) is 8.61. The third-order valence-electron chi connectivity index (χ3n) is 2.38. The van der Waals surface area contributed by atoms with Crippen molar-refractivity contribution in [1.29, 1.82) is 0 Å². The highest BCUT2D eigenvalue weighted by molar-refractivity contribution is 6.00. The van der Waals surface area contributed by atoms with Gasteiger partial charge in [-0.15, -0.1) is 0 Å². The van der Waals surface area contributed by atoms with Crippen molar-refractivity contribution in [2.45, 2.75) is 19.9 Å². The molecular weight excluding hydrogens is 242 g/mol. The lowest BCUT2D eigenvalue weighted by Crippen LogP contribution is -2.54. The second kappa shape index (κ2) is 6.95. The van der Waals surface area contributed by atoms with E-state index < -0.39 is 29.9 Å². The van der Waals surface area contributed by atoms with Crippen molar-refractivity contribution < 1.29 is 28.6 Å². The second-order valence-corrected chi connectivity index (χ2v) is 3.58. The Balaban J connectivity index is 2.84. The van der Waals surface area contributed by atoms with E-state index in [1.165, 1.54) is 0 Å². The molecule has 18 heavy (non-hydrogen) atoms. The van der Waals surface area contributed by atoms with E-state index in [1.54, 1.807) is 13.8 Å². The molecule has 1 unspecified atom stereocenters. The number of hydrogen-bond donors (Lipinski definition) is 1. The monoisotopic (exact) mass is 259 g/mol. The molecule has 0 aromatic heterocycles. The minimum absolute atomic E-state index is 0.122. The average Bonchev–Trinajstić information content (AvgIpc) is 2.33. The fourth-order valence-electron chi connectivity index (χ4n) is 1.63. The predicted molar refractivity (Wildman–Crippen MR) is 59.5 cm³/mol. The summed E-state index contributed by atoms with van der Waals surface area (Å²) >= 11 is 0. The van der Waals surface area contributed by atoms with Crippen molar-refractivity contribution in [3.8, 4) is 0 Å². The van der Waals surface area contributed by atoms with Crippen molar-refractivity contribution in [2.24, 2.45) is 5.92 Å². The molecule has 1 saturated heterocycles. The summed E-state index contributed by atoms with van der Waals surface area (Å²) in [5.74, 6) is -3.54. The van der Waals surface area contributed by atoms with E-state index in [-0.39, 0.29) is 19.8 Å². The Labute approximate surface area is 105 Å². The minimum Gasteiger partial charge on any atom is -0.465 e. The third-order valence-corrected chi connectivity index (χ3v) is 2.38. The Kier molecular flexibility index (Phi) is 5.57. The van der Waals surface area contributed by atoms with Gasteiger partial charge >= 0.3 is 17.9 Å². The topological polar surface area (TPSA) is 90.9 Å². The molecule has 1 N–H and O–H groups in total. The standard InChI is InChI=1S/C11H17NO6/c1-3-16-9(13)7(10(14)17-4-2)8-11(15)18-6-5-12-8/h7-8,12H,3-6H2,1-2H3. The fourth-order valence-corrected chi connectivity index (χ4v) is 1.63. The van der Waals surface area contributed by atoms with Crippen LogP contribution >= 0.6 is 0 Å². The molecule has 7 heteroatoms. The summed E-state index contributed by atoms with van der Waals surface area (Å²) in [6.07, 6.45) is 0. The Morgan fingerprint density at radius 3 is 2.33 bits per heavy atom. The molecule has 1 rings (SSSR count). The summed E-state index contributed by atoms with van der Waals surface area (Å²) < 4.78 is 14.4. The molecule has 0 radical (unpaired) electrons. The van der Waals surface area contributed by atoms with Crippen LogP contribution in [0.4, 0.5) is 0 Å². The zero-order valence-corrected chi connectivity index (χ0v) is 10.4. The molecule has 7 nitrogen and oxygen atoms in total. The van der Waals surface area contributed by atoms with Gasteiger partial charge in [0.1, 0.15) is 12.6 Å². The van der Waals surface area contributed by atoms with Gasteiger partial charge in [0.15, 0.2) is 5.92 Å². The highest BCUT2D eigenvalue weighted by Gasteiger charge is 2.43. The Bertz CT molecular complexity index is 311. The number of carbonyl (C=O) groups excluding carboxylic acids is 3. The van der Waals surface area contributed by atoms with Crippen molar-refractivity contribution in [3.05, 3.63) is 0 Å². The Morgan fingerprint density at radius 1 is 1.33 bits per heavy atom. The normalized spacial score (nSPS) is 19.3. The highest BCUT2D eigenvalue weighted by atomic mass is 16.6. The molecule has 1 atom stereocenters. The molecular formula is C11H17NO6. The van der Waals surface area contributed by atoms with Crippen LogP contribution in [0.1, 0.15) is 13.8 Å². The SMILES string of the molecule is CCOC(=O)C(C(=O)OCC)C1NCCOC1=O. The quantitative estimate of drug-likeness (QED) is 0.394. The summed E-state index contributed by atoms with van der Waals surface area (Å²) in [4.78, 5) is 35.0. The van der Waals surface area contributed by atoms with Crippen LogP contribution in [0, 0.1) is 5.92 Å². The van der Waals surface area contributed by atoms with Crippen LogP contribution in [0.3, 0.4) is 0 Å². The van der Waals surface area contributed by atoms with Crippen molar-refractivity contribution in [1.82, 2.24) is 5.32 Å². The summed E-state index contributed by atoms with van der Waals surface area (Å²) in [6.45, 7) is 4.08. The molecule has 0 spiro atoms. The van der Waals surface area contributed by atoms with Crippen molar-refractivity contribution in [2.75, 3.05) is 26.4 Å². The molecule has 0 aromatic rings. The van der Waals surface area contributed by atoms with Gasteiger partial charge in [0.2, 0.25) is 0 Å². The van der Waals surface area contributed by atoms with Gasteiger partial charge < -0.3 is 14.2 Å². The van der Waals surface area contributed by atoms with Crippen LogP contribution in [0.25, 0.3) is 0 Å². The van der Waals surface area contributed by atoms with Gasteiger partial charge in [-0.05, 0) is 13.8 Å². The van der Waals surface area contributed by atoms with Gasteiger partial charge in [0.25, 0.3) is 0 Å².